The monoisotopic (exact) mass is 262 g/mol. The Kier molecular flexibility index (Phi) is 5.40. The molecule has 6 heteroatoms. The van der Waals surface area contributed by atoms with Gasteiger partial charge in [-0.1, -0.05) is 0 Å². The molecule has 1 aromatic rings. The third-order valence-electron chi connectivity index (χ3n) is 2.21. The van der Waals surface area contributed by atoms with Crippen LogP contribution in [0.15, 0.2) is 16.8 Å². The largest absolute Gasteiger partial charge is 0.310 e. The van der Waals surface area contributed by atoms with Crippen molar-refractivity contribution in [3.63, 3.8) is 0 Å². The average molecular weight is 262 g/mol. The first-order chi connectivity index (χ1) is 7.49. The number of nitrogens with one attached hydrogen (secondary N) is 2. The van der Waals surface area contributed by atoms with Crippen LogP contribution in [-0.4, -0.2) is 27.8 Å². The zero-order valence-corrected chi connectivity index (χ0v) is 11.2. The molecule has 0 saturated carbocycles. The quantitative estimate of drug-likeness (QED) is 0.729. The van der Waals surface area contributed by atoms with E-state index in [1.165, 1.54) is 11.8 Å². The minimum atomic E-state index is -3.04. The molecule has 0 saturated heterocycles. The molecule has 0 spiro atoms. The van der Waals surface area contributed by atoms with Crippen LogP contribution in [0.25, 0.3) is 0 Å². The van der Waals surface area contributed by atoms with E-state index in [4.69, 9.17) is 0 Å². The lowest BCUT2D eigenvalue weighted by atomic mass is 10.2. The standard InChI is InChI=1S/C10H18N2O2S2/c1-9(10-4-7-15-8-10)11-5-3-6-12-16(2,13)14/h4,7-9,11-12H,3,5-6H2,1-2H3. The summed E-state index contributed by atoms with van der Waals surface area (Å²) in [6, 6.07) is 2.42. The molecule has 1 heterocycles. The van der Waals surface area contributed by atoms with Crippen molar-refractivity contribution in [3.05, 3.63) is 22.4 Å². The van der Waals surface area contributed by atoms with Gasteiger partial charge in [-0.3, -0.25) is 0 Å². The predicted molar refractivity (Wildman–Crippen MR) is 68.2 cm³/mol. The molecule has 4 nitrogen and oxygen atoms in total. The van der Waals surface area contributed by atoms with Crippen molar-refractivity contribution in [2.75, 3.05) is 19.3 Å². The lowest BCUT2D eigenvalue weighted by Gasteiger charge is -2.12. The van der Waals surface area contributed by atoms with Crippen LogP contribution >= 0.6 is 11.3 Å². The zero-order chi connectivity index (χ0) is 12.0. The summed E-state index contributed by atoms with van der Waals surface area (Å²) in [5.41, 5.74) is 1.28. The van der Waals surface area contributed by atoms with Crippen LogP contribution < -0.4 is 10.0 Å². The second-order valence-electron chi connectivity index (χ2n) is 3.75. The van der Waals surface area contributed by atoms with Gasteiger partial charge < -0.3 is 5.32 Å². The Morgan fingerprint density at radius 2 is 2.19 bits per heavy atom. The van der Waals surface area contributed by atoms with Crippen LogP contribution in [0.2, 0.25) is 0 Å². The summed E-state index contributed by atoms with van der Waals surface area (Å²) in [4.78, 5) is 0. The Hall–Kier alpha value is -0.430. The Morgan fingerprint density at radius 3 is 2.75 bits per heavy atom. The van der Waals surface area contributed by atoms with Crippen molar-refractivity contribution in [1.82, 2.24) is 10.0 Å². The molecular formula is C10H18N2O2S2. The molecule has 1 unspecified atom stereocenters. The zero-order valence-electron chi connectivity index (χ0n) is 9.56. The Morgan fingerprint density at radius 1 is 1.44 bits per heavy atom. The first-order valence-corrected chi connectivity index (χ1v) is 8.02. The summed E-state index contributed by atoms with van der Waals surface area (Å²) in [5.74, 6) is 0. The fourth-order valence-electron chi connectivity index (χ4n) is 1.30. The van der Waals surface area contributed by atoms with E-state index in [1.807, 2.05) is 0 Å². The molecule has 92 valence electrons. The second-order valence-corrected chi connectivity index (χ2v) is 6.37. The normalized spacial score (nSPS) is 13.9. The van der Waals surface area contributed by atoms with Gasteiger partial charge in [-0.2, -0.15) is 11.3 Å². The van der Waals surface area contributed by atoms with E-state index in [9.17, 15) is 8.42 Å². The van der Waals surface area contributed by atoms with E-state index < -0.39 is 10.0 Å². The molecule has 1 aromatic heterocycles. The van der Waals surface area contributed by atoms with Crippen molar-refractivity contribution in [2.24, 2.45) is 0 Å². The summed E-state index contributed by atoms with van der Waals surface area (Å²) in [6.45, 7) is 3.40. The van der Waals surface area contributed by atoms with Gasteiger partial charge in [0.25, 0.3) is 0 Å². The van der Waals surface area contributed by atoms with E-state index in [0.29, 0.717) is 12.6 Å². The maximum atomic E-state index is 10.8. The van der Waals surface area contributed by atoms with Crippen molar-refractivity contribution in [2.45, 2.75) is 19.4 Å². The third-order valence-corrected chi connectivity index (χ3v) is 3.64. The van der Waals surface area contributed by atoms with Gasteiger partial charge in [0.2, 0.25) is 10.0 Å². The molecule has 0 aliphatic rings. The number of rotatable bonds is 7. The van der Waals surface area contributed by atoms with Crippen molar-refractivity contribution in [3.8, 4) is 0 Å². The fraction of sp³-hybridized carbons (Fsp3) is 0.600. The molecule has 0 fully saturated rings. The van der Waals surface area contributed by atoms with E-state index in [1.54, 1.807) is 11.3 Å². The average Bonchev–Trinajstić information content (AvgIpc) is 2.67. The molecular weight excluding hydrogens is 244 g/mol. The van der Waals surface area contributed by atoms with Crippen molar-refractivity contribution < 1.29 is 8.42 Å². The molecule has 0 bridgehead atoms. The minimum Gasteiger partial charge on any atom is -0.310 e. The van der Waals surface area contributed by atoms with Gasteiger partial charge in [0.05, 0.1) is 6.26 Å². The highest BCUT2D eigenvalue weighted by molar-refractivity contribution is 7.88. The lowest BCUT2D eigenvalue weighted by Crippen LogP contribution is -2.27. The maximum absolute atomic E-state index is 10.8. The number of hydrogen-bond acceptors (Lipinski definition) is 4. The van der Waals surface area contributed by atoms with E-state index in [0.717, 1.165) is 13.0 Å². The van der Waals surface area contributed by atoms with Gasteiger partial charge in [0.1, 0.15) is 0 Å². The fourth-order valence-corrected chi connectivity index (χ4v) is 2.57. The topological polar surface area (TPSA) is 58.2 Å². The van der Waals surface area contributed by atoms with Crippen molar-refractivity contribution >= 4 is 21.4 Å². The van der Waals surface area contributed by atoms with Crippen LogP contribution in [0.1, 0.15) is 24.9 Å². The van der Waals surface area contributed by atoms with Gasteiger partial charge >= 0.3 is 0 Å². The Bertz CT molecular complexity index is 387. The number of hydrogen-bond donors (Lipinski definition) is 2. The van der Waals surface area contributed by atoms with Gasteiger partial charge in [-0.15, -0.1) is 0 Å². The Labute approximate surface area is 101 Å². The second kappa shape index (κ2) is 6.34. The van der Waals surface area contributed by atoms with Crippen LogP contribution in [0.5, 0.6) is 0 Å². The maximum Gasteiger partial charge on any atom is 0.208 e. The molecule has 0 aliphatic heterocycles. The van der Waals surface area contributed by atoms with Gasteiger partial charge in [0.15, 0.2) is 0 Å². The molecule has 0 aliphatic carbocycles. The van der Waals surface area contributed by atoms with Gasteiger partial charge in [-0.05, 0) is 42.3 Å². The summed E-state index contributed by atoms with van der Waals surface area (Å²) in [7, 11) is -3.04. The number of thiophene rings is 1. The highest BCUT2D eigenvalue weighted by atomic mass is 32.2. The first-order valence-electron chi connectivity index (χ1n) is 5.19. The molecule has 0 radical (unpaired) electrons. The van der Waals surface area contributed by atoms with Crippen LogP contribution in [0, 0.1) is 0 Å². The highest BCUT2D eigenvalue weighted by Gasteiger charge is 2.04. The van der Waals surface area contributed by atoms with Gasteiger partial charge in [-0.25, -0.2) is 13.1 Å². The molecule has 0 amide bonds. The minimum absolute atomic E-state index is 0.324. The molecule has 2 N–H and O–H groups in total. The Balaban J connectivity index is 2.12. The summed E-state index contributed by atoms with van der Waals surface area (Å²) < 4.78 is 24.0. The lowest BCUT2D eigenvalue weighted by molar-refractivity contribution is 0.549. The molecule has 1 atom stereocenters. The molecule has 16 heavy (non-hydrogen) atoms. The highest BCUT2D eigenvalue weighted by Crippen LogP contribution is 2.14. The molecule has 1 rings (SSSR count). The SMILES string of the molecule is CC(NCCCNS(C)(=O)=O)c1ccsc1. The smallest absolute Gasteiger partial charge is 0.208 e. The van der Waals surface area contributed by atoms with Crippen LogP contribution in [0.3, 0.4) is 0 Å². The van der Waals surface area contributed by atoms with Gasteiger partial charge in [0, 0.05) is 12.6 Å². The van der Waals surface area contributed by atoms with E-state index in [2.05, 4.69) is 33.8 Å². The van der Waals surface area contributed by atoms with Crippen LogP contribution in [-0.2, 0) is 10.0 Å². The summed E-state index contributed by atoms with van der Waals surface area (Å²) in [5, 5.41) is 7.51. The number of sulfonamides is 1. The summed E-state index contributed by atoms with van der Waals surface area (Å²) in [6.07, 6.45) is 1.97. The van der Waals surface area contributed by atoms with E-state index >= 15 is 0 Å². The first kappa shape index (κ1) is 13.6. The van der Waals surface area contributed by atoms with Crippen LogP contribution in [0.4, 0.5) is 0 Å². The third kappa shape index (κ3) is 5.60. The van der Waals surface area contributed by atoms with Crippen molar-refractivity contribution in [1.29, 1.82) is 0 Å². The van der Waals surface area contributed by atoms with E-state index in [-0.39, 0.29) is 0 Å². The molecule has 0 aromatic carbocycles. The predicted octanol–water partition coefficient (Wildman–Crippen LogP) is 1.34. The summed E-state index contributed by atoms with van der Waals surface area (Å²) >= 11 is 1.68.